The number of esters is 1. The molecule has 6 atom stereocenters. The summed E-state index contributed by atoms with van der Waals surface area (Å²) in [6, 6.07) is -0.853. The van der Waals surface area contributed by atoms with E-state index in [1.54, 1.807) is 17.1 Å². The first-order valence-corrected chi connectivity index (χ1v) is 14.9. The Morgan fingerprint density at radius 1 is 1.18 bits per heavy atom. The van der Waals surface area contributed by atoms with Crippen molar-refractivity contribution >= 4 is 17.8 Å². The molecule has 3 aliphatic rings. The van der Waals surface area contributed by atoms with Crippen molar-refractivity contribution < 1.29 is 29.0 Å². The van der Waals surface area contributed by atoms with Gasteiger partial charge in [0.05, 0.1) is 18.1 Å². The Morgan fingerprint density at radius 3 is 2.42 bits per heavy atom. The topological polar surface area (TPSA) is 96.4 Å². The maximum absolute atomic E-state index is 14.8. The maximum atomic E-state index is 14.8. The summed E-state index contributed by atoms with van der Waals surface area (Å²) in [5.74, 6) is -2.44. The van der Waals surface area contributed by atoms with Gasteiger partial charge in [-0.3, -0.25) is 14.4 Å². The molecular formula is C32H52N2O6. The third kappa shape index (κ3) is 5.76. The minimum atomic E-state index is -1.11. The highest BCUT2D eigenvalue weighted by molar-refractivity contribution is 5.98. The van der Waals surface area contributed by atoms with Crippen LogP contribution in [0.15, 0.2) is 25.3 Å². The number of amides is 2. The molecule has 1 N–H and O–H groups in total. The van der Waals surface area contributed by atoms with Crippen molar-refractivity contribution in [3.63, 3.8) is 0 Å². The summed E-state index contributed by atoms with van der Waals surface area (Å²) in [6.45, 7) is 23.1. The molecule has 3 unspecified atom stereocenters. The molecule has 0 aliphatic carbocycles. The van der Waals surface area contributed by atoms with Crippen molar-refractivity contribution in [2.24, 2.45) is 23.2 Å². The Hall–Kier alpha value is -2.19. The zero-order chi connectivity index (χ0) is 30.1. The number of nitrogens with zero attached hydrogens (tertiary/aromatic N) is 2. The summed E-state index contributed by atoms with van der Waals surface area (Å²) in [4.78, 5) is 46.1. The number of aliphatic hydroxyl groups excluding tert-OH is 1. The number of carbonyl (C=O) groups is 3. The van der Waals surface area contributed by atoms with E-state index < -0.39 is 40.6 Å². The van der Waals surface area contributed by atoms with Crippen LogP contribution in [0.1, 0.15) is 87.0 Å². The molecule has 8 heteroatoms. The standard InChI is InChI=1S/C32H52N2O6/c1-10-12-19-39-28(38)24-23-26(36)33(17-14-13-15-18-35)25(32(23)20-22(3)31(24,9)40-32)27(37)34(16-11-2)30(7,8)21-29(4,5)6/h10-11,22-25,35H,1-2,12-21H2,3-9H3/t22?,23-,24-,25?,31+,32?/m0/s1. The SMILES string of the molecule is C=CCCOC(=O)[C@@H]1[C@H]2C(=O)N(CCCCCO)C(C(=O)N(CC=C)C(C)(C)CC(C)(C)C)C23CC(C)[C@@]1(C)O3. The predicted molar refractivity (Wildman–Crippen MR) is 155 cm³/mol. The van der Waals surface area contributed by atoms with Gasteiger partial charge >= 0.3 is 5.97 Å². The minimum Gasteiger partial charge on any atom is -0.465 e. The fraction of sp³-hybridized carbons (Fsp3) is 0.781. The van der Waals surface area contributed by atoms with Crippen molar-refractivity contribution in [3.8, 4) is 0 Å². The predicted octanol–water partition coefficient (Wildman–Crippen LogP) is 4.51. The number of carbonyl (C=O) groups excluding carboxylic acids is 3. The Morgan fingerprint density at radius 2 is 1.85 bits per heavy atom. The maximum Gasteiger partial charge on any atom is 0.312 e. The number of fused-ring (bicyclic) bond motifs is 1. The summed E-state index contributed by atoms with van der Waals surface area (Å²) in [5.41, 5.74) is -2.57. The lowest BCUT2D eigenvalue weighted by molar-refractivity contribution is -0.163. The molecule has 40 heavy (non-hydrogen) atoms. The molecule has 0 aromatic heterocycles. The summed E-state index contributed by atoms with van der Waals surface area (Å²) >= 11 is 0. The Labute approximate surface area is 241 Å². The summed E-state index contributed by atoms with van der Waals surface area (Å²) in [6.07, 6.45) is 7.21. The van der Waals surface area contributed by atoms with Crippen LogP contribution in [-0.2, 0) is 23.9 Å². The smallest absolute Gasteiger partial charge is 0.312 e. The number of ether oxygens (including phenoxy) is 2. The number of aliphatic hydroxyl groups is 1. The first kappa shape index (κ1) is 32.3. The van der Waals surface area contributed by atoms with E-state index in [-0.39, 0.29) is 36.4 Å². The summed E-state index contributed by atoms with van der Waals surface area (Å²) in [5, 5.41) is 9.29. The second kappa shape index (κ2) is 12.0. The van der Waals surface area contributed by atoms with Gasteiger partial charge in [-0.1, -0.05) is 39.8 Å². The molecule has 0 aromatic carbocycles. The molecule has 0 radical (unpaired) electrons. The van der Waals surface area contributed by atoms with Gasteiger partial charge in [0.1, 0.15) is 17.6 Å². The molecule has 226 valence electrons. The largest absolute Gasteiger partial charge is 0.465 e. The second-order valence-corrected chi connectivity index (χ2v) is 14.1. The van der Waals surface area contributed by atoms with Crippen LogP contribution in [0.5, 0.6) is 0 Å². The molecule has 3 aliphatic heterocycles. The number of unbranched alkanes of at least 4 members (excludes halogenated alkanes) is 2. The number of likely N-dealkylation sites (tertiary alicyclic amines) is 1. The van der Waals surface area contributed by atoms with Gasteiger partial charge in [-0.05, 0) is 70.6 Å². The van der Waals surface area contributed by atoms with Crippen LogP contribution in [0.3, 0.4) is 0 Å². The molecule has 1 spiro atoms. The molecule has 8 nitrogen and oxygen atoms in total. The van der Waals surface area contributed by atoms with Crippen LogP contribution in [0.2, 0.25) is 0 Å². The zero-order valence-electron chi connectivity index (χ0n) is 25.8. The molecular weight excluding hydrogens is 508 g/mol. The van der Waals surface area contributed by atoms with E-state index in [0.29, 0.717) is 38.8 Å². The number of rotatable bonds is 14. The lowest BCUT2D eigenvalue weighted by Gasteiger charge is -2.45. The monoisotopic (exact) mass is 560 g/mol. The molecule has 0 saturated carbocycles. The second-order valence-electron chi connectivity index (χ2n) is 14.1. The van der Waals surface area contributed by atoms with Gasteiger partial charge in [-0.2, -0.15) is 0 Å². The average molecular weight is 561 g/mol. The van der Waals surface area contributed by atoms with Crippen LogP contribution in [-0.4, -0.2) is 81.8 Å². The first-order chi connectivity index (χ1) is 18.6. The van der Waals surface area contributed by atoms with Gasteiger partial charge < -0.3 is 24.4 Å². The Bertz CT molecular complexity index is 986. The van der Waals surface area contributed by atoms with Gasteiger partial charge in [0, 0.05) is 25.2 Å². The highest BCUT2D eigenvalue weighted by Gasteiger charge is 2.80. The van der Waals surface area contributed by atoms with E-state index in [2.05, 4.69) is 47.8 Å². The lowest BCUT2D eigenvalue weighted by Crippen LogP contribution is -2.61. The Kier molecular flexibility index (Phi) is 9.67. The molecule has 2 amide bonds. The summed E-state index contributed by atoms with van der Waals surface area (Å²) in [7, 11) is 0. The van der Waals surface area contributed by atoms with E-state index in [9.17, 15) is 19.5 Å². The number of hydrogen-bond donors (Lipinski definition) is 1. The van der Waals surface area contributed by atoms with Crippen molar-refractivity contribution in [2.45, 2.75) is 110 Å². The zero-order valence-corrected chi connectivity index (χ0v) is 25.8. The average Bonchev–Trinajstić information content (AvgIpc) is 3.35. The fourth-order valence-corrected chi connectivity index (χ4v) is 7.83. The van der Waals surface area contributed by atoms with Crippen LogP contribution in [0.4, 0.5) is 0 Å². The van der Waals surface area contributed by atoms with Crippen LogP contribution in [0, 0.1) is 23.2 Å². The first-order valence-electron chi connectivity index (χ1n) is 14.9. The normalized spacial score (nSPS) is 31.3. The lowest BCUT2D eigenvalue weighted by atomic mass is 9.62. The minimum absolute atomic E-state index is 0.0376. The van der Waals surface area contributed by atoms with Gasteiger partial charge in [0.15, 0.2) is 0 Å². The summed E-state index contributed by atoms with van der Waals surface area (Å²) < 4.78 is 12.5. The van der Waals surface area contributed by atoms with E-state index >= 15 is 0 Å². The fourth-order valence-electron chi connectivity index (χ4n) is 7.83. The highest BCUT2D eigenvalue weighted by Crippen LogP contribution is 2.65. The van der Waals surface area contributed by atoms with Crippen LogP contribution < -0.4 is 0 Å². The van der Waals surface area contributed by atoms with Crippen molar-refractivity contribution in [1.82, 2.24) is 9.80 Å². The molecule has 0 aromatic rings. The van der Waals surface area contributed by atoms with Crippen LogP contribution >= 0.6 is 0 Å². The molecule has 3 fully saturated rings. The molecule has 3 saturated heterocycles. The van der Waals surface area contributed by atoms with E-state index in [4.69, 9.17) is 9.47 Å². The number of hydrogen-bond acceptors (Lipinski definition) is 6. The van der Waals surface area contributed by atoms with Crippen molar-refractivity contribution in [3.05, 3.63) is 25.3 Å². The highest BCUT2D eigenvalue weighted by atomic mass is 16.6. The quantitative estimate of drug-likeness (QED) is 0.191. The van der Waals surface area contributed by atoms with E-state index in [1.165, 1.54) is 0 Å². The van der Waals surface area contributed by atoms with Crippen LogP contribution in [0.25, 0.3) is 0 Å². The molecule has 3 rings (SSSR count). The molecule has 3 heterocycles. The molecule has 2 bridgehead atoms. The Balaban J connectivity index is 2.09. The third-order valence-corrected chi connectivity index (χ3v) is 9.20. The van der Waals surface area contributed by atoms with Gasteiger partial charge in [0.2, 0.25) is 11.8 Å². The third-order valence-electron chi connectivity index (χ3n) is 9.20. The van der Waals surface area contributed by atoms with Gasteiger partial charge in [-0.25, -0.2) is 0 Å². The van der Waals surface area contributed by atoms with Gasteiger partial charge in [0.25, 0.3) is 0 Å². The van der Waals surface area contributed by atoms with Crippen molar-refractivity contribution in [1.29, 1.82) is 0 Å². The van der Waals surface area contributed by atoms with E-state index in [0.717, 1.165) is 12.8 Å². The van der Waals surface area contributed by atoms with Gasteiger partial charge in [-0.15, -0.1) is 13.2 Å². The van der Waals surface area contributed by atoms with E-state index in [1.807, 2.05) is 18.7 Å². The van der Waals surface area contributed by atoms with Crippen molar-refractivity contribution in [2.75, 3.05) is 26.3 Å².